The molecule has 0 fully saturated rings. The Bertz CT molecular complexity index is 127. The minimum Gasteiger partial charge on any atom is -0.0845 e. The van der Waals surface area contributed by atoms with Crippen molar-refractivity contribution in [2.75, 3.05) is 0 Å². The molecule has 0 saturated heterocycles. The van der Waals surface area contributed by atoms with Gasteiger partial charge in [0.05, 0.1) is 0 Å². The van der Waals surface area contributed by atoms with Gasteiger partial charge in [-0.2, -0.15) is 0 Å². The molecule has 0 amide bonds. The van der Waals surface area contributed by atoms with Crippen LogP contribution in [0.3, 0.4) is 0 Å². The fourth-order valence-corrected chi connectivity index (χ4v) is 0.876. The molecule has 10 heavy (non-hydrogen) atoms. The quantitative estimate of drug-likeness (QED) is 0.523. The fraction of sp³-hybridized carbons (Fsp3) is 0.600. The third-order valence-corrected chi connectivity index (χ3v) is 1.55. The maximum absolute atomic E-state index is 2.22. The van der Waals surface area contributed by atoms with Crippen LogP contribution in [0.5, 0.6) is 0 Å². The molecule has 0 saturated carbocycles. The number of hydrogen-bond donors (Lipinski definition) is 0. The standard InChI is InChI=1S/C10H18/c1-5-7-8-10(6-2)9(3)4/h6-9H,5H2,1-4H3. The summed E-state index contributed by atoms with van der Waals surface area (Å²) < 4.78 is 0. The topological polar surface area (TPSA) is 0 Å². The Morgan fingerprint density at radius 1 is 1.40 bits per heavy atom. The number of allylic oxidation sites excluding steroid dienone is 4. The summed E-state index contributed by atoms with van der Waals surface area (Å²) in [5.41, 5.74) is 1.43. The SMILES string of the molecule is CC=C(C=CCC)C(C)C. The number of rotatable bonds is 3. The maximum Gasteiger partial charge on any atom is -0.0222 e. The van der Waals surface area contributed by atoms with Gasteiger partial charge in [0, 0.05) is 0 Å². The largest absolute Gasteiger partial charge is 0.0845 e. The molecule has 0 nitrogen and oxygen atoms in total. The van der Waals surface area contributed by atoms with E-state index in [0.717, 1.165) is 6.42 Å². The van der Waals surface area contributed by atoms with Crippen molar-refractivity contribution in [2.24, 2.45) is 5.92 Å². The van der Waals surface area contributed by atoms with Crippen LogP contribution >= 0.6 is 0 Å². The minimum absolute atomic E-state index is 0.660. The third-order valence-electron chi connectivity index (χ3n) is 1.55. The zero-order chi connectivity index (χ0) is 7.98. The lowest BCUT2D eigenvalue weighted by Gasteiger charge is -2.03. The first-order valence-corrected chi connectivity index (χ1v) is 4.05. The van der Waals surface area contributed by atoms with Gasteiger partial charge in [-0.15, -0.1) is 0 Å². The lowest BCUT2D eigenvalue weighted by Crippen LogP contribution is -1.88. The first-order valence-electron chi connectivity index (χ1n) is 4.05. The Morgan fingerprint density at radius 3 is 2.30 bits per heavy atom. The van der Waals surface area contributed by atoms with E-state index >= 15 is 0 Å². The monoisotopic (exact) mass is 138 g/mol. The van der Waals surface area contributed by atoms with Crippen LogP contribution in [0.25, 0.3) is 0 Å². The van der Waals surface area contributed by atoms with Crippen molar-refractivity contribution < 1.29 is 0 Å². The summed E-state index contributed by atoms with van der Waals surface area (Å²) in [6.07, 6.45) is 7.72. The molecule has 0 aromatic carbocycles. The van der Waals surface area contributed by atoms with Crippen molar-refractivity contribution in [3.05, 3.63) is 23.8 Å². The van der Waals surface area contributed by atoms with E-state index in [1.54, 1.807) is 0 Å². The third kappa shape index (κ3) is 3.49. The molecule has 0 aliphatic heterocycles. The average molecular weight is 138 g/mol. The van der Waals surface area contributed by atoms with E-state index in [9.17, 15) is 0 Å². The van der Waals surface area contributed by atoms with Crippen LogP contribution in [0.4, 0.5) is 0 Å². The molecule has 0 heteroatoms. The van der Waals surface area contributed by atoms with Gasteiger partial charge in [0.2, 0.25) is 0 Å². The highest BCUT2D eigenvalue weighted by Gasteiger charge is 1.94. The fourth-order valence-electron chi connectivity index (χ4n) is 0.876. The van der Waals surface area contributed by atoms with Crippen molar-refractivity contribution in [3.8, 4) is 0 Å². The van der Waals surface area contributed by atoms with Crippen LogP contribution in [-0.2, 0) is 0 Å². The Kier molecular flexibility index (Phi) is 5.00. The average Bonchev–Trinajstić information content (AvgIpc) is 1.89. The Hall–Kier alpha value is -0.520. The van der Waals surface area contributed by atoms with Crippen molar-refractivity contribution in [2.45, 2.75) is 34.1 Å². The summed E-state index contributed by atoms with van der Waals surface area (Å²) in [7, 11) is 0. The Balaban J connectivity index is 3.98. The van der Waals surface area contributed by atoms with Gasteiger partial charge in [-0.25, -0.2) is 0 Å². The van der Waals surface area contributed by atoms with Gasteiger partial charge in [-0.3, -0.25) is 0 Å². The van der Waals surface area contributed by atoms with Crippen molar-refractivity contribution in [3.63, 3.8) is 0 Å². The van der Waals surface area contributed by atoms with Crippen LogP contribution < -0.4 is 0 Å². The molecule has 58 valence electrons. The predicted octanol–water partition coefficient (Wildman–Crippen LogP) is 3.55. The Labute approximate surface area is 64.6 Å². The summed E-state index contributed by atoms with van der Waals surface area (Å²) in [4.78, 5) is 0. The molecule has 0 rings (SSSR count). The van der Waals surface area contributed by atoms with Gasteiger partial charge in [-0.1, -0.05) is 44.6 Å². The molecular weight excluding hydrogens is 120 g/mol. The second kappa shape index (κ2) is 5.28. The van der Waals surface area contributed by atoms with Crippen LogP contribution in [0.15, 0.2) is 23.8 Å². The van der Waals surface area contributed by atoms with E-state index in [4.69, 9.17) is 0 Å². The van der Waals surface area contributed by atoms with E-state index in [1.165, 1.54) is 5.57 Å². The molecule has 0 atom stereocenters. The van der Waals surface area contributed by atoms with E-state index in [1.807, 2.05) is 0 Å². The van der Waals surface area contributed by atoms with Crippen molar-refractivity contribution >= 4 is 0 Å². The molecule has 0 aromatic heterocycles. The first kappa shape index (κ1) is 9.48. The first-order chi connectivity index (χ1) is 4.72. The molecule has 0 aliphatic carbocycles. The smallest absolute Gasteiger partial charge is 0.0222 e. The van der Waals surface area contributed by atoms with Gasteiger partial charge in [0.15, 0.2) is 0 Å². The minimum atomic E-state index is 0.660. The van der Waals surface area contributed by atoms with Gasteiger partial charge >= 0.3 is 0 Å². The van der Waals surface area contributed by atoms with Gasteiger partial charge in [-0.05, 0) is 19.3 Å². The summed E-state index contributed by atoms with van der Waals surface area (Å²) in [6, 6.07) is 0. The van der Waals surface area contributed by atoms with Gasteiger partial charge in [0.25, 0.3) is 0 Å². The van der Waals surface area contributed by atoms with Crippen molar-refractivity contribution in [1.82, 2.24) is 0 Å². The molecule has 0 aromatic rings. The van der Waals surface area contributed by atoms with E-state index in [-0.39, 0.29) is 0 Å². The molecule has 0 aliphatic rings. The van der Waals surface area contributed by atoms with Crippen LogP contribution in [-0.4, -0.2) is 0 Å². The van der Waals surface area contributed by atoms with E-state index in [2.05, 4.69) is 45.9 Å². The lowest BCUT2D eigenvalue weighted by molar-refractivity contribution is 0.788. The summed E-state index contributed by atoms with van der Waals surface area (Å²) in [6.45, 7) is 8.68. The summed E-state index contributed by atoms with van der Waals surface area (Å²) >= 11 is 0. The van der Waals surface area contributed by atoms with Crippen LogP contribution in [0.2, 0.25) is 0 Å². The van der Waals surface area contributed by atoms with Gasteiger partial charge in [0.1, 0.15) is 0 Å². The molecule has 0 heterocycles. The summed E-state index contributed by atoms with van der Waals surface area (Å²) in [5.74, 6) is 0.660. The highest BCUT2D eigenvalue weighted by Crippen LogP contribution is 2.10. The van der Waals surface area contributed by atoms with E-state index in [0.29, 0.717) is 5.92 Å². The zero-order valence-corrected chi connectivity index (χ0v) is 7.52. The van der Waals surface area contributed by atoms with Gasteiger partial charge < -0.3 is 0 Å². The second-order valence-electron chi connectivity index (χ2n) is 2.75. The molecule has 0 spiro atoms. The maximum atomic E-state index is 2.22. The van der Waals surface area contributed by atoms with Crippen LogP contribution in [0.1, 0.15) is 34.1 Å². The highest BCUT2D eigenvalue weighted by molar-refractivity contribution is 5.19. The predicted molar refractivity (Wildman–Crippen MR) is 48.0 cm³/mol. The zero-order valence-electron chi connectivity index (χ0n) is 7.52. The van der Waals surface area contributed by atoms with Crippen molar-refractivity contribution in [1.29, 1.82) is 0 Å². The molecule has 0 bridgehead atoms. The van der Waals surface area contributed by atoms with E-state index < -0.39 is 0 Å². The number of hydrogen-bond acceptors (Lipinski definition) is 0. The highest BCUT2D eigenvalue weighted by atomic mass is 14.0. The Morgan fingerprint density at radius 2 is 2.00 bits per heavy atom. The summed E-state index contributed by atoms with van der Waals surface area (Å²) in [5, 5.41) is 0. The molecule has 0 radical (unpaired) electrons. The molecule has 0 N–H and O–H groups in total. The molecule has 0 unspecified atom stereocenters. The lowest BCUT2D eigenvalue weighted by atomic mass is 10.0. The second-order valence-corrected chi connectivity index (χ2v) is 2.75. The molecular formula is C10H18. The van der Waals surface area contributed by atoms with Crippen LogP contribution in [0, 0.1) is 5.92 Å². The normalized spacial score (nSPS) is 13.5.